The van der Waals surface area contributed by atoms with Crippen LogP contribution in [-0.4, -0.2) is 40.2 Å². The van der Waals surface area contributed by atoms with Crippen molar-refractivity contribution in [3.05, 3.63) is 77.8 Å². The van der Waals surface area contributed by atoms with Gasteiger partial charge < -0.3 is 10.1 Å². The van der Waals surface area contributed by atoms with Gasteiger partial charge in [-0.15, -0.1) is 11.3 Å². The second kappa shape index (κ2) is 9.71. The molecule has 0 radical (unpaired) electrons. The summed E-state index contributed by atoms with van der Waals surface area (Å²) in [5.41, 5.74) is 3.78. The molecule has 0 fully saturated rings. The third-order valence-corrected chi connectivity index (χ3v) is 6.57. The molecule has 2 aromatic heterocycles. The van der Waals surface area contributed by atoms with E-state index in [0.29, 0.717) is 22.7 Å². The maximum Gasteiger partial charge on any atom is 0.268 e. The van der Waals surface area contributed by atoms with Gasteiger partial charge in [0.2, 0.25) is 5.91 Å². The second-order valence-electron chi connectivity index (χ2n) is 8.31. The largest absolute Gasteiger partial charge is 0.479 e. The number of nitrogens with one attached hydrogen (secondary N) is 1. The third-order valence-electron chi connectivity index (χ3n) is 5.71. The number of hydrogen-bond donors (Lipinski definition) is 1. The molecule has 1 N–H and O–H groups in total. The normalized spacial score (nSPS) is 14.7. The first-order valence-electron chi connectivity index (χ1n) is 11.3. The van der Waals surface area contributed by atoms with E-state index in [1.807, 2.05) is 29.6 Å². The summed E-state index contributed by atoms with van der Waals surface area (Å²) in [5.74, 6) is -0.296. The van der Waals surface area contributed by atoms with Crippen molar-refractivity contribution < 1.29 is 19.1 Å². The van der Waals surface area contributed by atoms with Gasteiger partial charge in [-0.05, 0) is 56.3 Å². The lowest BCUT2D eigenvalue weighted by Crippen LogP contribution is -2.47. The predicted octanol–water partition coefficient (Wildman–Crippen LogP) is 4.83. The van der Waals surface area contributed by atoms with E-state index in [1.54, 1.807) is 49.5 Å². The standard InChI is InChI=1S/C27H22N4O4S/c1-16(32)18-6-5-7-20(12-18)29-25(33)14-31-23-13-19(9-10-24(23)35-17(2)27(31)34)22-15-36-26(30-22)21-8-3-4-11-28-21/h3-13,15,17H,14H2,1-2H3,(H,29,33). The Morgan fingerprint density at radius 2 is 1.94 bits per heavy atom. The van der Waals surface area contributed by atoms with Gasteiger partial charge in [0.1, 0.15) is 17.3 Å². The number of carbonyl (C=O) groups excluding carboxylic acids is 3. The SMILES string of the molecule is CC(=O)c1cccc(NC(=O)CN2C(=O)C(C)Oc3ccc(-c4csc(-c5ccccn5)n4)cc32)c1. The number of ether oxygens (including phenoxy) is 1. The molecule has 1 aliphatic heterocycles. The molecule has 36 heavy (non-hydrogen) atoms. The number of aromatic nitrogens is 2. The Bertz CT molecular complexity index is 1470. The molecule has 1 aliphatic rings. The van der Waals surface area contributed by atoms with Crippen molar-refractivity contribution in [2.75, 3.05) is 16.8 Å². The number of carbonyl (C=O) groups is 3. The van der Waals surface area contributed by atoms with Gasteiger partial charge in [-0.1, -0.05) is 18.2 Å². The summed E-state index contributed by atoms with van der Waals surface area (Å²) in [6.07, 6.45) is 0.992. The van der Waals surface area contributed by atoms with Crippen LogP contribution in [0.15, 0.2) is 72.2 Å². The van der Waals surface area contributed by atoms with E-state index in [9.17, 15) is 14.4 Å². The molecule has 0 spiro atoms. The van der Waals surface area contributed by atoms with Crippen molar-refractivity contribution in [3.8, 4) is 27.7 Å². The molecule has 8 nitrogen and oxygen atoms in total. The molecule has 0 bridgehead atoms. The van der Waals surface area contributed by atoms with Gasteiger partial charge in [-0.3, -0.25) is 24.3 Å². The van der Waals surface area contributed by atoms with Crippen molar-refractivity contribution in [1.82, 2.24) is 9.97 Å². The van der Waals surface area contributed by atoms with Gasteiger partial charge in [0.15, 0.2) is 11.9 Å². The molecular weight excluding hydrogens is 476 g/mol. The van der Waals surface area contributed by atoms with Crippen LogP contribution in [0.3, 0.4) is 0 Å². The minimum Gasteiger partial charge on any atom is -0.479 e. The number of thiazole rings is 1. The fourth-order valence-corrected chi connectivity index (χ4v) is 4.71. The molecule has 1 unspecified atom stereocenters. The molecule has 4 aromatic rings. The van der Waals surface area contributed by atoms with Gasteiger partial charge in [0.25, 0.3) is 5.91 Å². The topological polar surface area (TPSA) is 101 Å². The Morgan fingerprint density at radius 3 is 2.72 bits per heavy atom. The first-order valence-corrected chi connectivity index (χ1v) is 12.2. The summed E-state index contributed by atoms with van der Waals surface area (Å²) in [7, 11) is 0. The average Bonchev–Trinajstić information content (AvgIpc) is 3.38. The number of Topliss-reactive ketones (excluding diaryl/α,β-unsaturated/α-hetero) is 1. The number of benzene rings is 2. The van der Waals surface area contributed by atoms with Crippen LogP contribution in [0.1, 0.15) is 24.2 Å². The molecular formula is C27H22N4O4S. The van der Waals surface area contributed by atoms with Crippen LogP contribution in [0.4, 0.5) is 11.4 Å². The molecule has 3 heterocycles. The zero-order chi connectivity index (χ0) is 25.2. The Kier molecular flexibility index (Phi) is 6.30. The van der Waals surface area contributed by atoms with Gasteiger partial charge in [0.05, 0.1) is 17.1 Å². The number of rotatable bonds is 6. The highest BCUT2D eigenvalue weighted by molar-refractivity contribution is 7.13. The molecule has 0 saturated carbocycles. The third kappa shape index (κ3) is 4.73. The molecule has 5 rings (SSSR count). The fourth-order valence-electron chi connectivity index (χ4n) is 3.90. The van der Waals surface area contributed by atoms with Gasteiger partial charge in [-0.25, -0.2) is 4.98 Å². The van der Waals surface area contributed by atoms with Crippen LogP contribution in [-0.2, 0) is 9.59 Å². The highest BCUT2D eigenvalue weighted by Crippen LogP contribution is 2.38. The fraction of sp³-hybridized carbons (Fsp3) is 0.148. The Balaban J connectivity index is 1.41. The van der Waals surface area contributed by atoms with E-state index in [1.165, 1.54) is 23.2 Å². The zero-order valence-electron chi connectivity index (χ0n) is 19.6. The summed E-state index contributed by atoms with van der Waals surface area (Å²) in [5, 5.41) is 5.49. The second-order valence-corrected chi connectivity index (χ2v) is 9.16. The summed E-state index contributed by atoms with van der Waals surface area (Å²) in [4.78, 5) is 48.0. The number of nitrogens with zero attached hydrogens (tertiary/aromatic N) is 3. The molecule has 0 saturated heterocycles. The summed E-state index contributed by atoms with van der Waals surface area (Å²) in [6.45, 7) is 2.91. The zero-order valence-corrected chi connectivity index (χ0v) is 20.4. The quantitative estimate of drug-likeness (QED) is 0.382. The number of hydrogen-bond acceptors (Lipinski definition) is 7. The van der Waals surface area contributed by atoms with E-state index < -0.39 is 6.10 Å². The smallest absolute Gasteiger partial charge is 0.268 e. The number of ketones is 1. The van der Waals surface area contributed by atoms with E-state index in [2.05, 4.69) is 10.3 Å². The van der Waals surface area contributed by atoms with Crippen molar-refractivity contribution in [2.45, 2.75) is 20.0 Å². The van der Waals surface area contributed by atoms with Crippen molar-refractivity contribution in [2.24, 2.45) is 0 Å². The minimum atomic E-state index is -0.729. The summed E-state index contributed by atoms with van der Waals surface area (Å²) >= 11 is 1.48. The highest BCUT2D eigenvalue weighted by atomic mass is 32.1. The predicted molar refractivity (Wildman–Crippen MR) is 138 cm³/mol. The molecule has 2 amide bonds. The first kappa shape index (κ1) is 23.4. The molecule has 2 aromatic carbocycles. The van der Waals surface area contributed by atoms with Gasteiger partial charge in [0, 0.05) is 28.4 Å². The Hall–Kier alpha value is -4.37. The Labute approximate surface area is 211 Å². The average molecular weight is 499 g/mol. The summed E-state index contributed by atoms with van der Waals surface area (Å²) in [6, 6.07) is 17.8. The van der Waals surface area contributed by atoms with Crippen LogP contribution in [0.25, 0.3) is 22.0 Å². The van der Waals surface area contributed by atoms with Gasteiger partial charge >= 0.3 is 0 Å². The monoisotopic (exact) mass is 498 g/mol. The molecule has 1 atom stereocenters. The van der Waals surface area contributed by atoms with Crippen LogP contribution in [0, 0.1) is 0 Å². The van der Waals surface area contributed by atoms with Crippen molar-refractivity contribution >= 4 is 40.3 Å². The lowest BCUT2D eigenvalue weighted by atomic mass is 10.1. The molecule has 180 valence electrons. The number of anilines is 2. The maximum atomic E-state index is 13.0. The Morgan fingerprint density at radius 1 is 1.08 bits per heavy atom. The van der Waals surface area contributed by atoms with E-state index in [-0.39, 0.29) is 24.1 Å². The number of amides is 2. The van der Waals surface area contributed by atoms with E-state index in [4.69, 9.17) is 9.72 Å². The maximum absolute atomic E-state index is 13.0. The van der Waals surface area contributed by atoms with Crippen LogP contribution >= 0.6 is 11.3 Å². The van der Waals surface area contributed by atoms with E-state index in [0.717, 1.165) is 22.0 Å². The highest BCUT2D eigenvalue weighted by Gasteiger charge is 2.33. The lowest BCUT2D eigenvalue weighted by Gasteiger charge is -2.32. The van der Waals surface area contributed by atoms with Crippen LogP contribution < -0.4 is 15.0 Å². The van der Waals surface area contributed by atoms with Crippen LogP contribution in [0.5, 0.6) is 5.75 Å². The first-order chi connectivity index (χ1) is 17.4. The molecule has 9 heteroatoms. The van der Waals surface area contributed by atoms with E-state index >= 15 is 0 Å². The van der Waals surface area contributed by atoms with Gasteiger partial charge in [-0.2, -0.15) is 0 Å². The molecule has 0 aliphatic carbocycles. The number of fused-ring (bicyclic) bond motifs is 1. The van der Waals surface area contributed by atoms with Crippen LogP contribution in [0.2, 0.25) is 0 Å². The van der Waals surface area contributed by atoms with Crippen molar-refractivity contribution in [3.63, 3.8) is 0 Å². The summed E-state index contributed by atoms with van der Waals surface area (Å²) < 4.78 is 5.79. The minimum absolute atomic E-state index is 0.0991. The number of pyridine rings is 1. The van der Waals surface area contributed by atoms with Crippen molar-refractivity contribution in [1.29, 1.82) is 0 Å². The lowest BCUT2D eigenvalue weighted by molar-refractivity contribution is -0.127.